The molecule has 1 heterocycles. The van der Waals surface area contributed by atoms with Crippen LogP contribution in [0, 0.1) is 21.4 Å². The monoisotopic (exact) mass is 573 g/mol. The van der Waals surface area contributed by atoms with Gasteiger partial charge in [-0.15, -0.1) is 10.2 Å². The third kappa shape index (κ3) is 6.05. The van der Waals surface area contributed by atoms with Crippen molar-refractivity contribution in [1.29, 1.82) is 5.26 Å². The number of anilines is 2. The minimum atomic E-state index is -0.668. The molecule has 0 spiro atoms. The molecule has 0 fully saturated rings. The predicted octanol–water partition coefficient (Wildman–Crippen LogP) is 6.01. The number of nitro benzene ring substituents is 1. The van der Waals surface area contributed by atoms with E-state index in [1.807, 2.05) is 17.9 Å². The Labute approximate surface area is 240 Å². The summed E-state index contributed by atoms with van der Waals surface area (Å²) < 4.78 is 0. The van der Waals surface area contributed by atoms with Crippen molar-refractivity contribution in [2.45, 2.75) is 20.3 Å². The van der Waals surface area contributed by atoms with E-state index >= 15 is 0 Å². The van der Waals surface area contributed by atoms with Crippen LogP contribution in [0.2, 0.25) is 5.02 Å². The summed E-state index contributed by atoms with van der Waals surface area (Å²) in [6.07, 6.45) is 0.199. The van der Waals surface area contributed by atoms with Crippen molar-refractivity contribution in [3.63, 3.8) is 0 Å². The quantitative estimate of drug-likeness (QED) is 0.134. The lowest BCUT2D eigenvalue weighted by atomic mass is 10.1. The Morgan fingerprint density at radius 2 is 1.78 bits per heavy atom. The standard InChI is InChI=1S/C28H24ClN7O5/c1-3-25(37)31-24-15-18(34(4-2)11-12-35-27(38)20-7-5-6-8-21(20)28(35)39)9-10-23(24)32-33-26-17(16-30)13-19(36(40)41)14-22(26)29/h5-10,13-15H,3-4,11-12H2,1-2H3,(H,31,37)/b33-32+. The predicted molar refractivity (Wildman–Crippen MR) is 152 cm³/mol. The van der Waals surface area contributed by atoms with Crippen LogP contribution in [-0.2, 0) is 4.79 Å². The second-order valence-corrected chi connectivity index (χ2v) is 9.29. The van der Waals surface area contributed by atoms with Crippen molar-refractivity contribution < 1.29 is 19.3 Å². The summed E-state index contributed by atoms with van der Waals surface area (Å²) in [5.74, 6) is -0.955. The number of amides is 3. The summed E-state index contributed by atoms with van der Waals surface area (Å²) in [7, 11) is 0. The number of imide groups is 1. The number of nitriles is 1. The number of carbonyl (C=O) groups excluding carboxylic acids is 3. The van der Waals surface area contributed by atoms with Gasteiger partial charge < -0.3 is 10.2 Å². The lowest BCUT2D eigenvalue weighted by Crippen LogP contribution is -2.38. The van der Waals surface area contributed by atoms with Crippen LogP contribution < -0.4 is 10.2 Å². The van der Waals surface area contributed by atoms with Crippen LogP contribution in [-0.4, -0.2) is 47.2 Å². The molecular formula is C28H24ClN7O5. The van der Waals surface area contributed by atoms with E-state index in [9.17, 15) is 29.8 Å². The molecule has 1 aliphatic rings. The number of nitro groups is 1. The van der Waals surface area contributed by atoms with Gasteiger partial charge in [0.2, 0.25) is 5.91 Å². The van der Waals surface area contributed by atoms with Crippen LogP contribution in [0.4, 0.5) is 28.4 Å². The van der Waals surface area contributed by atoms with E-state index in [0.717, 1.165) is 12.1 Å². The molecule has 3 amide bonds. The van der Waals surface area contributed by atoms with E-state index in [1.165, 1.54) is 4.90 Å². The molecule has 13 heteroatoms. The Morgan fingerprint density at radius 1 is 1.10 bits per heavy atom. The average Bonchev–Trinajstić information content (AvgIpc) is 3.21. The second-order valence-electron chi connectivity index (χ2n) is 8.88. The number of halogens is 1. The van der Waals surface area contributed by atoms with Gasteiger partial charge in [-0.3, -0.25) is 29.4 Å². The number of hydrogen-bond acceptors (Lipinski definition) is 9. The van der Waals surface area contributed by atoms with Gasteiger partial charge in [0.05, 0.1) is 32.3 Å². The molecule has 3 aromatic carbocycles. The molecule has 0 aliphatic carbocycles. The van der Waals surface area contributed by atoms with Crippen molar-refractivity contribution in [1.82, 2.24) is 4.90 Å². The highest BCUT2D eigenvalue weighted by atomic mass is 35.5. The Hall–Kier alpha value is -5.15. The van der Waals surface area contributed by atoms with E-state index in [-0.39, 0.29) is 58.3 Å². The summed E-state index contributed by atoms with van der Waals surface area (Å²) in [4.78, 5) is 51.4. The second kappa shape index (κ2) is 12.4. The minimum Gasteiger partial charge on any atom is -0.370 e. The fourth-order valence-electron chi connectivity index (χ4n) is 4.26. The summed E-state index contributed by atoms with van der Waals surface area (Å²) in [5.41, 5.74) is 1.51. The first kappa shape index (κ1) is 28.8. The van der Waals surface area contributed by atoms with Gasteiger partial charge in [0.15, 0.2) is 0 Å². The first-order chi connectivity index (χ1) is 19.7. The lowest BCUT2D eigenvalue weighted by molar-refractivity contribution is -0.384. The Morgan fingerprint density at radius 3 is 2.37 bits per heavy atom. The van der Waals surface area contributed by atoms with E-state index in [1.54, 1.807) is 49.4 Å². The highest BCUT2D eigenvalue weighted by Crippen LogP contribution is 2.37. The number of nitrogens with zero attached hydrogens (tertiary/aromatic N) is 6. The molecule has 0 saturated carbocycles. The van der Waals surface area contributed by atoms with Crippen LogP contribution in [0.15, 0.2) is 64.8 Å². The molecule has 41 heavy (non-hydrogen) atoms. The number of carbonyl (C=O) groups is 3. The number of nitrogens with one attached hydrogen (secondary N) is 1. The van der Waals surface area contributed by atoms with E-state index in [2.05, 4.69) is 15.5 Å². The number of hydrogen-bond donors (Lipinski definition) is 1. The maximum absolute atomic E-state index is 12.8. The van der Waals surface area contributed by atoms with Gasteiger partial charge in [-0.1, -0.05) is 30.7 Å². The first-order valence-electron chi connectivity index (χ1n) is 12.6. The van der Waals surface area contributed by atoms with Crippen LogP contribution in [0.5, 0.6) is 0 Å². The molecule has 208 valence electrons. The summed E-state index contributed by atoms with van der Waals surface area (Å²) in [6.45, 7) is 4.65. The van der Waals surface area contributed by atoms with Crippen LogP contribution in [0.3, 0.4) is 0 Å². The summed E-state index contributed by atoms with van der Waals surface area (Å²) in [6, 6.07) is 15.7. The van der Waals surface area contributed by atoms with Crippen molar-refractivity contribution in [2.24, 2.45) is 10.2 Å². The highest BCUT2D eigenvalue weighted by molar-refractivity contribution is 6.33. The number of non-ortho nitro benzene ring substituents is 1. The molecule has 1 N–H and O–H groups in total. The normalized spacial score (nSPS) is 12.4. The number of likely N-dealkylation sites (N-methyl/N-ethyl adjacent to an activating group) is 1. The Bertz CT molecular complexity index is 1600. The minimum absolute atomic E-state index is 0.0484. The van der Waals surface area contributed by atoms with Gasteiger partial charge >= 0.3 is 0 Å². The maximum atomic E-state index is 12.8. The fourth-order valence-corrected chi connectivity index (χ4v) is 4.51. The zero-order valence-electron chi connectivity index (χ0n) is 22.1. The Kier molecular flexibility index (Phi) is 8.69. The van der Waals surface area contributed by atoms with Crippen LogP contribution in [0.1, 0.15) is 46.5 Å². The molecule has 0 bridgehead atoms. The molecule has 4 rings (SSSR count). The van der Waals surface area contributed by atoms with E-state index in [4.69, 9.17) is 11.6 Å². The van der Waals surface area contributed by atoms with Crippen molar-refractivity contribution in [3.8, 4) is 6.07 Å². The van der Waals surface area contributed by atoms with Gasteiger partial charge in [0.25, 0.3) is 17.5 Å². The molecule has 0 saturated heterocycles. The first-order valence-corrected chi connectivity index (χ1v) is 13.0. The van der Waals surface area contributed by atoms with Gasteiger partial charge in [-0.05, 0) is 37.3 Å². The molecule has 1 aliphatic heterocycles. The number of fused-ring (bicyclic) bond motifs is 1. The number of azo groups is 1. The van der Waals surface area contributed by atoms with Crippen molar-refractivity contribution in [3.05, 3.63) is 86.4 Å². The third-order valence-electron chi connectivity index (χ3n) is 6.43. The SMILES string of the molecule is CCC(=O)Nc1cc(N(CC)CCN2C(=O)c3ccccc3C2=O)ccc1/N=N/c1c(Cl)cc([N+](=O)[O-])cc1C#N. The van der Waals surface area contributed by atoms with Crippen LogP contribution in [0.25, 0.3) is 0 Å². The van der Waals surface area contributed by atoms with Gasteiger partial charge in [0.1, 0.15) is 17.4 Å². The topological polar surface area (TPSA) is 161 Å². The molecule has 0 aromatic heterocycles. The number of rotatable bonds is 10. The molecule has 0 atom stereocenters. The van der Waals surface area contributed by atoms with E-state index in [0.29, 0.717) is 35.6 Å². The average molecular weight is 574 g/mol. The Balaban J connectivity index is 1.60. The van der Waals surface area contributed by atoms with Crippen LogP contribution >= 0.6 is 11.6 Å². The lowest BCUT2D eigenvalue weighted by Gasteiger charge is -2.26. The van der Waals surface area contributed by atoms with E-state index < -0.39 is 4.92 Å². The largest absolute Gasteiger partial charge is 0.370 e. The fraction of sp³-hybridized carbons (Fsp3) is 0.214. The van der Waals surface area contributed by atoms with Gasteiger partial charge in [0, 0.05) is 43.9 Å². The highest BCUT2D eigenvalue weighted by Gasteiger charge is 2.35. The maximum Gasteiger partial charge on any atom is 0.272 e. The van der Waals surface area contributed by atoms with Crippen molar-refractivity contribution >= 4 is 57.8 Å². The molecule has 0 radical (unpaired) electrons. The van der Waals surface area contributed by atoms with Gasteiger partial charge in [-0.2, -0.15) is 5.26 Å². The summed E-state index contributed by atoms with van der Waals surface area (Å²) >= 11 is 6.16. The molecule has 0 unspecified atom stereocenters. The van der Waals surface area contributed by atoms with Gasteiger partial charge in [-0.25, -0.2) is 0 Å². The summed E-state index contributed by atoms with van der Waals surface area (Å²) in [5, 5.41) is 31.4. The number of benzene rings is 3. The smallest absolute Gasteiger partial charge is 0.272 e. The zero-order valence-corrected chi connectivity index (χ0v) is 22.9. The third-order valence-corrected chi connectivity index (χ3v) is 6.72. The van der Waals surface area contributed by atoms with Crippen molar-refractivity contribution in [2.75, 3.05) is 29.9 Å². The molecule has 3 aromatic rings. The molecular weight excluding hydrogens is 550 g/mol. The molecule has 12 nitrogen and oxygen atoms in total. The zero-order chi connectivity index (χ0) is 29.7.